The number of aryl methyl sites for hydroxylation is 1. The zero-order valence-electron chi connectivity index (χ0n) is 11.5. The van der Waals surface area contributed by atoms with Crippen LogP contribution in [0.15, 0.2) is 5.16 Å². The predicted octanol–water partition coefficient (Wildman–Crippen LogP) is 2.77. The minimum Gasteiger partial charge on any atom is -0.481 e. The summed E-state index contributed by atoms with van der Waals surface area (Å²) < 4.78 is 2.18. The van der Waals surface area contributed by atoms with E-state index in [1.807, 2.05) is 0 Å². The van der Waals surface area contributed by atoms with Crippen molar-refractivity contribution in [1.82, 2.24) is 14.8 Å². The average molecular weight is 283 g/mol. The first kappa shape index (κ1) is 14.4. The molecule has 1 fully saturated rings. The Morgan fingerprint density at radius 2 is 2.05 bits per heavy atom. The van der Waals surface area contributed by atoms with Gasteiger partial charge in [0.1, 0.15) is 5.82 Å². The topological polar surface area (TPSA) is 68.0 Å². The summed E-state index contributed by atoms with van der Waals surface area (Å²) in [5.41, 5.74) is 0. The van der Waals surface area contributed by atoms with Gasteiger partial charge in [-0.25, -0.2) is 0 Å². The van der Waals surface area contributed by atoms with Crippen molar-refractivity contribution in [2.45, 2.75) is 57.1 Å². The van der Waals surface area contributed by atoms with Gasteiger partial charge in [0.2, 0.25) is 0 Å². The van der Waals surface area contributed by atoms with Crippen LogP contribution in [0.4, 0.5) is 0 Å². The molecule has 1 aliphatic rings. The molecule has 0 amide bonds. The van der Waals surface area contributed by atoms with Gasteiger partial charge in [0.25, 0.3) is 0 Å². The first-order chi connectivity index (χ1) is 9.11. The third-order valence-corrected chi connectivity index (χ3v) is 4.65. The van der Waals surface area contributed by atoms with Gasteiger partial charge in [-0.1, -0.05) is 25.6 Å². The normalized spacial score (nSPS) is 23.5. The fourth-order valence-electron chi connectivity index (χ4n) is 2.64. The van der Waals surface area contributed by atoms with Crippen molar-refractivity contribution in [1.29, 1.82) is 0 Å². The van der Waals surface area contributed by atoms with Gasteiger partial charge in [-0.2, -0.15) is 0 Å². The maximum Gasteiger partial charge on any atom is 0.313 e. The first-order valence-electron chi connectivity index (χ1n) is 6.90. The highest BCUT2D eigenvalue weighted by molar-refractivity contribution is 7.99. The third-order valence-electron chi connectivity index (χ3n) is 3.73. The zero-order chi connectivity index (χ0) is 13.8. The molecule has 0 aromatic carbocycles. The Bertz CT molecular complexity index is 439. The van der Waals surface area contributed by atoms with Crippen LogP contribution in [0.3, 0.4) is 0 Å². The van der Waals surface area contributed by atoms with E-state index in [1.54, 1.807) is 0 Å². The zero-order valence-corrected chi connectivity index (χ0v) is 12.3. The van der Waals surface area contributed by atoms with Crippen LogP contribution in [0.1, 0.15) is 51.4 Å². The fourth-order valence-corrected chi connectivity index (χ4v) is 3.39. The second-order valence-electron chi connectivity index (χ2n) is 5.22. The minimum atomic E-state index is -0.810. The van der Waals surface area contributed by atoms with Crippen LogP contribution in [0.5, 0.6) is 0 Å². The van der Waals surface area contributed by atoms with Gasteiger partial charge in [-0.3, -0.25) is 4.79 Å². The Morgan fingerprint density at radius 3 is 2.63 bits per heavy atom. The van der Waals surface area contributed by atoms with E-state index in [2.05, 4.69) is 28.6 Å². The van der Waals surface area contributed by atoms with Gasteiger partial charge < -0.3 is 9.67 Å². The molecule has 6 heteroatoms. The van der Waals surface area contributed by atoms with Gasteiger partial charge in [0, 0.05) is 12.5 Å². The molecule has 0 unspecified atom stereocenters. The van der Waals surface area contributed by atoms with E-state index in [-0.39, 0.29) is 5.75 Å². The van der Waals surface area contributed by atoms with E-state index < -0.39 is 5.97 Å². The number of carboxylic acids is 1. The molecule has 0 bridgehead atoms. The van der Waals surface area contributed by atoms with Crippen molar-refractivity contribution < 1.29 is 9.90 Å². The van der Waals surface area contributed by atoms with Crippen molar-refractivity contribution in [3.63, 3.8) is 0 Å². The molecule has 0 radical (unpaired) electrons. The fraction of sp³-hybridized carbons (Fsp3) is 0.769. The van der Waals surface area contributed by atoms with Gasteiger partial charge in [0.05, 0.1) is 5.75 Å². The largest absolute Gasteiger partial charge is 0.481 e. The van der Waals surface area contributed by atoms with Crippen molar-refractivity contribution in [3.05, 3.63) is 5.82 Å². The second-order valence-corrected chi connectivity index (χ2v) is 6.16. The smallest absolute Gasteiger partial charge is 0.313 e. The molecule has 1 aromatic heterocycles. The van der Waals surface area contributed by atoms with Crippen LogP contribution in [0, 0.1) is 5.92 Å². The molecule has 1 aromatic rings. The number of carboxylic acid groups (broad SMARTS) is 1. The highest BCUT2D eigenvalue weighted by Gasteiger charge is 2.24. The van der Waals surface area contributed by atoms with Crippen LogP contribution >= 0.6 is 11.8 Å². The molecule has 1 saturated carbocycles. The lowest BCUT2D eigenvalue weighted by Gasteiger charge is -2.28. The van der Waals surface area contributed by atoms with E-state index in [1.165, 1.54) is 24.6 Å². The monoisotopic (exact) mass is 283 g/mol. The van der Waals surface area contributed by atoms with Crippen LogP contribution < -0.4 is 0 Å². The van der Waals surface area contributed by atoms with Crippen LogP contribution in [0.2, 0.25) is 0 Å². The Balaban J connectivity index is 2.16. The average Bonchev–Trinajstić information content (AvgIpc) is 2.80. The third kappa shape index (κ3) is 3.49. The minimum absolute atomic E-state index is 0.0466. The van der Waals surface area contributed by atoms with Crippen molar-refractivity contribution >= 4 is 17.7 Å². The highest BCUT2D eigenvalue weighted by atomic mass is 32.2. The number of aliphatic carboxylic acids is 1. The molecule has 0 spiro atoms. The summed E-state index contributed by atoms with van der Waals surface area (Å²) in [6.45, 7) is 4.36. The van der Waals surface area contributed by atoms with E-state index in [9.17, 15) is 4.79 Å². The molecule has 1 heterocycles. The Labute approximate surface area is 117 Å². The highest BCUT2D eigenvalue weighted by Crippen LogP contribution is 2.35. The molecule has 1 N–H and O–H groups in total. The summed E-state index contributed by atoms with van der Waals surface area (Å²) in [4.78, 5) is 10.7. The van der Waals surface area contributed by atoms with Gasteiger partial charge >= 0.3 is 5.97 Å². The molecule has 1 aliphatic carbocycles. The van der Waals surface area contributed by atoms with Gasteiger partial charge in [-0.05, 0) is 31.6 Å². The van der Waals surface area contributed by atoms with Crippen LogP contribution in [-0.4, -0.2) is 31.6 Å². The summed E-state index contributed by atoms with van der Waals surface area (Å²) in [5, 5.41) is 17.9. The lowest BCUT2D eigenvalue weighted by molar-refractivity contribution is -0.133. The number of aromatic nitrogens is 3. The van der Waals surface area contributed by atoms with Crippen LogP contribution in [0.25, 0.3) is 0 Å². The Kier molecular flexibility index (Phi) is 4.85. The van der Waals surface area contributed by atoms with Crippen molar-refractivity contribution in [3.8, 4) is 0 Å². The molecule has 2 rings (SSSR count). The van der Waals surface area contributed by atoms with E-state index >= 15 is 0 Å². The molecule has 5 nitrogen and oxygen atoms in total. The van der Waals surface area contributed by atoms with Crippen LogP contribution in [-0.2, 0) is 11.2 Å². The molecule has 106 valence electrons. The van der Waals surface area contributed by atoms with Gasteiger partial charge in [0.15, 0.2) is 5.16 Å². The maximum atomic E-state index is 10.7. The molecule has 0 atom stereocenters. The summed E-state index contributed by atoms with van der Waals surface area (Å²) in [5.74, 6) is 1.01. The predicted molar refractivity (Wildman–Crippen MR) is 74.4 cm³/mol. The Morgan fingerprint density at radius 1 is 1.37 bits per heavy atom. The molecule has 0 aliphatic heterocycles. The number of rotatable bonds is 5. The molecular weight excluding hydrogens is 262 g/mol. The number of hydrogen-bond acceptors (Lipinski definition) is 4. The number of carbonyl (C=O) groups is 1. The van der Waals surface area contributed by atoms with E-state index in [4.69, 9.17) is 5.11 Å². The number of hydrogen-bond donors (Lipinski definition) is 1. The van der Waals surface area contributed by atoms with E-state index in [0.29, 0.717) is 6.04 Å². The molecule has 19 heavy (non-hydrogen) atoms. The van der Waals surface area contributed by atoms with Crippen molar-refractivity contribution in [2.24, 2.45) is 5.92 Å². The Hall–Kier alpha value is -1.04. The van der Waals surface area contributed by atoms with Crippen molar-refractivity contribution in [2.75, 3.05) is 5.75 Å². The number of nitrogens with zero attached hydrogens (tertiary/aromatic N) is 3. The summed E-state index contributed by atoms with van der Waals surface area (Å²) >= 11 is 1.28. The summed E-state index contributed by atoms with van der Waals surface area (Å²) in [6, 6.07) is 0.442. The van der Waals surface area contributed by atoms with Gasteiger partial charge in [-0.15, -0.1) is 10.2 Å². The first-order valence-corrected chi connectivity index (χ1v) is 7.88. The quantitative estimate of drug-likeness (QED) is 0.842. The standard InChI is InChI=1S/C13H21N3O2S/c1-3-11-14-15-13(19-8-12(17)18)16(11)10-6-4-9(2)5-7-10/h9-10H,3-8H2,1-2H3,(H,17,18). The lowest BCUT2D eigenvalue weighted by Crippen LogP contribution is -2.19. The lowest BCUT2D eigenvalue weighted by atomic mass is 9.87. The van der Waals surface area contributed by atoms with E-state index in [0.717, 1.165) is 36.2 Å². The molecular formula is C13H21N3O2S. The second kappa shape index (κ2) is 6.41. The molecule has 0 saturated heterocycles. The maximum absolute atomic E-state index is 10.7. The summed E-state index contributed by atoms with van der Waals surface area (Å²) in [6.07, 6.45) is 5.59. The number of thioether (sulfide) groups is 1. The SMILES string of the molecule is CCc1nnc(SCC(=O)O)n1C1CCC(C)CC1. The summed E-state index contributed by atoms with van der Waals surface area (Å²) in [7, 11) is 0.